The van der Waals surface area contributed by atoms with Crippen LogP contribution in [0.25, 0.3) is 5.69 Å². The number of rotatable bonds is 4. The summed E-state index contributed by atoms with van der Waals surface area (Å²) in [6, 6.07) is 8.92. The minimum Gasteiger partial charge on any atom is -0.399 e. The molecular formula is C14H14N4O. The maximum absolute atomic E-state index is 11.8. The van der Waals surface area contributed by atoms with E-state index in [4.69, 9.17) is 12.2 Å². The van der Waals surface area contributed by atoms with Crippen LogP contribution in [0.3, 0.4) is 0 Å². The van der Waals surface area contributed by atoms with E-state index in [-0.39, 0.29) is 5.91 Å². The van der Waals surface area contributed by atoms with E-state index >= 15 is 0 Å². The number of anilines is 1. The van der Waals surface area contributed by atoms with Crippen molar-refractivity contribution in [3.63, 3.8) is 0 Å². The summed E-state index contributed by atoms with van der Waals surface area (Å²) in [5, 5.41) is 6.89. The van der Waals surface area contributed by atoms with Gasteiger partial charge in [0, 0.05) is 24.8 Å². The summed E-state index contributed by atoms with van der Waals surface area (Å²) < 4.78 is 1.60. The number of terminal acetylenes is 1. The van der Waals surface area contributed by atoms with E-state index in [2.05, 4.69) is 16.3 Å². The van der Waals surface area contributed by atoms with Crippen LogP contribution in [0.15, 0.2) is 36.5 Å². The zero-order valence-corrected chi connectivity index (χ0v) is 10.3. The fourth-order valence-corrected chi connectivity index (χ4v) is 1.59. The Morgan fingerprint density at radius 3 is 3.05 bits per heavy atom. The molecular weight excluding hydrogens is 240 g/mol. The summed E-state index contributed by atoms with van der Waals surface area (Å²) in [5.74, 6) is 2.22. The Bertz CT molecular complexity index is 624. The van der Waals surface area contributed by atoms with Crippen molar-refractivity contribution in [3.05, 3.63) is 42.2 Å². The van der Waals surface area contributed by atoms with Crippen LogP contribution >= 0.6 is 0 Å². The fourth-order valence-electron chi connectivity index (χ4n) is 1.59. The number of amides is 1. The fraction of sp³-hybridized carbons (Fsp3) is 0.143. The molecule has 3 N–H and O–H groups in total. The summed E-state index contributed by atoms with van der Waals surface area (Å²) >= 11 is 0. The summed E-state index contributed by atoms with van der Waals surface area (Å²) in [6.45, 7) is 0.445. The van der Waals surface area contributed by atoms with E-state index in [1.807, 2.05) is 12.1 Å². The smallest absolute Gasteiger partial charge is 0.271 e. The molecule has 0 aliphatic heterocycles. The maximum atomic E-state index is 11.8. The van der Waals surface area contributed by atoms with E-state index in [0.29, 0.717) is 24.3 Å². The number of hydrogen-bond donors (Lipinski definition) is 2. The Kier molecular flexibility index (Phi) is 3.84. The number of nitrogens with one attached hydrogen (secondary N) is 1. The Morgan fingerprint density at radius 1 is 1.47 bits per heavy atom. The molecule has 0 radical (unpaired) electrons. The van der Waals surface area contributed by atoms with Gasteiger partial charge < -0.3 is 11.1 Å². The van der Waals surface area contributed by atoms with E-state index in [0.717, 1.165) is 5.69 Å². The number of hydrogen-bond acceptors (Lipinski definition) is 3. The molecule has 5 heteroatoms. The molecule has 1 aromatic carbocycles. The summed E-state index contributed by atoms with van der Waals surface area (Å²) in [5.41, 5.74) is 7.51. The van der Waals surface area contributed by atoms with Gasteiger partial charge in [-0.05, 0) is 24.3 Å². The van der Waals surface area contributed by atoms with Crippen LogP contribution in [0, 0.1) is 12.3 Å². The van der Waals surface area contributed by atoms with E-state index in [1.54, 1.807) is 29.1 Å². The Hall–Kier alpha value is -2.74. The van der Waals surface area contributed by atoms with Crippen LogP contribution in [0.1, 0.15) is 16.9 Å². The molecule has 19 heavy (non-hydrogen) atoms. The Labute approximate surface area is 111 Å². The van der Waals surface area contributed by atoms with Crippen molar-refractivity contribution >= 4 is 11.6 Å². The van der Waals surface area contributed by atoms with Crippen molar-refractivity contribution < 1.29 is 4.79 Å². The lowest BCUT2D eigenvalue weighted by molar-refractivity contribution is 0.0949. The highest BCUT2D eigenvalue weighted by atomic mass is 16.1. The summed E-state index contributed by atoms with van der Waals surface area (Å²) in [6.07, 6.45) is 7.33. The third-order valence-corrected chi connectivity index (χ3v) is 2.51. The molecule has 0 bridgehead atoms. The maximum Gasteiger partial charge on any atom is 0.271 e. The highest BCUT2D eigenvalue weighted by molar-refractivity contribution is 5.92. The van der Waals surface area contributed by atoms with Crippen molar-refractivity contribution in [1.29, 1.82) is 0 Å². The Morgan fingerprint density at radius 2 is 2.32 bits per heavy atom. The molecule has 0 aliphatic carbocycles. The lowest BCUT2D eigenvalue weighted by Gasteiger charge is -2.02. The second kappa shape index (κ2) is 5.74. The van der Waals surface area contributed by atoms with Crippen molar-refractivity contribution in [2.45, 2.75) is 6.42 Å². The van der Waals surface area contributed by atoms with Gasteiger partial charge in [0.1, 0.15) is 0 Å². The molecule has 96 valence electrons. The average Bonchev–Trinajstić information content (AvgIpc) is 2.88. The number of aromatic nitrogens is 2. The molecule has 0 aliphatic rings. The number of nitrogen functional groups attached to an aromatic ring is 1. The van der Waals surface area contributed by atoms with Gasteiger partial charge in [-0.2, -0.15) is 5.10 Å². The third-order valence-electron chi connectivity index (χ3n) is 2.51. The van der Waals surface area contributed by atoms with Crippen LogP contribution in [-0.4, -0.2) is 22.2 Å². The highest BCUT2D eigenvalue weighted by Gasteiger charge is 2.09. The molecule has 1 amide bonds. The van der Waals surface area contributed by atoms with Crippen molar-refractivity contribution in [2.75, 3.05) is 12.3 Å². The van der Waals surface area contributed by atoms with E-state index in [1.165, 1.54) is 0 Å². The molecule has 1 heterocycles. The molecule has 0 fully saturated rings. The van der Waals surface area contributed by atoms with Gasteiger partial charge in [0.2, 0.25) is 0 Å². The Balaban J connectivity index is 2.11. The van der Waals surface area contributed by atoms with Crippen LogP contribution in [-0.2, 0) is 0 Å². The van der Waals surface area contributed by atoms with Gasteiger partial charge >= 0.3 is 0 Å². The van der Waals surface area contributed by atoms with Gasteiger partial charge in [-0.1, -0.05) is 6.07 Å². The number of nitrogens with two attached hydrogens (primary N) is 1. The summed E-state index contributed by atoms with van der Waals surface area (Å²) in [4.78, 5) is 11.8. The van der Waals surface area contributed by atoms with E-state index in [9.17, 15) is 4.79 Å². The van der Waals surface area contributed by atoms with Crippen LogP contribution in [0.2, 0.25) is 0 Å². The van der Waals surface area contributed by atoms with Crippen LogP contribution < -0.4 is 11.1 Å². The predicted octanol–water partition coefficient (Wildman–Crippen LogP) is 1.21. The lowest BCUT2D eigenvalue weighted by atomic mass is 10.3. The molecule has 0 saturated heterocycles. The largest absolute Gasteiger partial charge is 0.399 e. The predicted molar refractivity (Wildman–Crippen MR) is 73.8 cm³/mol. The molecule has 5 nitrogen and oxygen atoms in total. The first kappa shape index (κ1) is 12.7. The SMILES string of the molecule is C#CCCNC(=O)c1ccn(-c2cccc(N)c2)n1. The van der Waals surface area contributed by atoms with E-state index < -0.39 is 0 Å². The molecule has 1 aromatic heterocycles. The van der Waals surface area contributed by atoms with Crippen molar-refractivity contribution in [1.82, 2.24) is 15.1 Å². The topological polar surface area (TPSA) is 72.9 Å². The molecule has 0 unspecified atom stereocenters. The van der Waals surface area contributed by atoms with Crippen LogP contribution in [0.4, 0.5) is 5.69 Å². The first-order valence-corrected chi connectivity index (χ1v) is 5.84. The number of nitrogens with zero attached hydrogens (tertiary/aromatic N) is 2. The average molecular weight is 254 g/mol. The minimum atomic E-state index is -0.238. The monoisotopic (exact) mass is 254 g/mol. The van der Waals surface area contributed by atoms with Crippen molar-refractivity contribution in [3.8, 4) is 18.0 Å². The van der Waals surface area contributed by atoms with Gasteiger partial charge in [0.05, 0.1) is 5.69 Å². The zero-order valence-electron chi connectivity index (χ0n) is 10.3. The first-order chi connectivity index (χ1) is 9.20. The van der Waals surface area contributed by atoms with Gasteiger partial charge in [-0.15, -0.1) is 12.3 Å². The van der Waals surface area contributed by atoms with Gasteiger partial charge in [-0.25, -0.2) is 4.68 Å². The molecule has 0 atom stereocenters. The van der Waals surface area contributed by atoms with Crippen LogP contribution in [0.5, 0.6) is 0 Å². The normalized spacial score (nSPS) is 9.84. The number of carbonyl (C=O) groups is 1. The standard InChI is InChI=1S/C14H14N4O/c1-2-3-8-16-14(19)13-7-9-18(17-13)12-6-4-5-11(15)10-12/h1,4-7,9-10H,3,8,15H2,(H,16,19). The molecule has 0 spiro atoms. The summed E-state index contributed by atoms with van der Waals surface area (Å²) in [7, 11) is 0. The van der Waals surface area contributed by atoms with Gasteiger partial charge in [0.25, 0.3) is 5.91 Å². The zero-order chi connectivity index (χ0) is 13.7. The highest BCUT2D eigenvalue weighted by Crippen LogP contribution is 2.11. The number of carbonyl (C=O) groups excluding carboxylic acids is 1. The third kappa shape index (κ3) is 3.13. The molecule has 2 aromatic rings. The quantitative estimate of drug-likeness (QED) is 0.489. The van der Waals surface area contributed by atoms with Gasteiger partial charge in [0.15, 0.2) is 5.69 Å². The molecule has 2 rings (SSSR count). The second-order valence-electron chi connectivity index (χ2n) is 3.95. The molecule has 0 saturated carbocycles. The minimum absolute atomic E-state index is 0.238. The van der Waals surface area contributed by atoms with Gasteiger partial charge in [-0.3, -0.25) is 4.79 Å². The van der Waals surface area contributed by atoms with Crippen molar-refractivity contribution in [2.24, 2.45) is 0 Å². The lowest BCUT2D eigenvalue weighted by Crippen LogP contribution is -2.24. The number of benzene rings is 1. The second-order valence-corrected chi connectivity index (χ2v) is 3.95. The first-order valence-electron chi connectivity index (χ1n) is 5.84.